The second-order valence-electron chi connectivity index (χ2n) is 4.85. The van der Waals surface area contributed by atoms with Gasteiger partial charge >= 0.3 is 0 Å². The van der Waals surface area contributed by atoms with Crippen molar-refractivity contribution in [2.75, 3.05) is 13.7 Å². The maximum Gasteiger partial charge on any atom is 0.242 e. The van der Waals surface area contributed by atoms with Crippen LogP contribution in [0.3, 0.4) is 0 Å². The number of rotatable bonds is 5. The molecule has 0 aromatic heterocycles. The van der Waals surface area contributed by atoms with Gasteiger partial charge in [-0.1, -0.05) is 15.9 Å². The van der Waals surface area contributed by atoms with Gasteiger partial charge in [0.15, 0.2) is 5.75 Å². The summed E-state index contributed by atoms with van der Waals surface area (Å²) in [5.41, 5.74) is 6.75. The molecule has 0 saturated heterocycles. The highest BCUT2D eigenvalue weighted by atomic mass is 79.9. The second-order valence-corrected chi connectivity index (χ2v) is 10.1. The summed E-state index contributed by atoms with van der Waals surface area (Å²) in [6.07, 6.45) is 0.826. The van der Waals surface area contributed by atoms with Crippen molar-refractivity contribution in [3.63, 3.8) is 0 Å². The molecule has 0 fully saturated rings. The van der Waals surface area contributed by atoms with Gasteiger partial charge in [0.2, 0.25) is 8.32 Å². The Hall–Kier alpha value is -0.523. The first-order valence-electron chi connectivity index (χ1n) is 5.63. The van der Waals surface area contributed by atoms with E-state index in [1.165, 1.54) is 0 Å². The molecule has 1 aromatic carbocycles. The minimum atomic E-state index is -1.64. The fourth-order valence-corrected chi connectivity index (χ4v) is 2.83. The molecule has 0 radical (unpaired) electrons. The van der Waals surface area contributed by atoms with Crippen LogP contribution in [0.25, 0.3) is 0 Å². The first-order valence-corrected chi connectivity index (χ1v) is 9.83. The average molecular weight is 318 g/mol. The van der Waals surface area contributed by atoms with Gasteiger partial charge in [0.25, 0.3) is 0 Å². The molecule has 1 aromatic rings. The van der Waals surface area contributed by atoms with Gasteiger partial charge in [0.05, 0.1) is 7.11 Å². The van der Waals surface area contributed by atoms with Crippen LogP contribution in [0, 0.1) is 0 Å². The third kappa shape index (κ3) is 4.33. The molecule has 0 bridgehead atoms. The highest BCUT2D eigenvalue weighted by Gasteiger charge is 2.19. The maximum atomic E-state index is 6.02. The molecule has 0 aliphatic rings. The summed E-state index contributed by atoms with van der Waals surface area (Å²) >= 11 is 3.52. The standard InChI is InChI=1S/C12H20BrNO2Si/c1-15-11-8-10(13)9(5-6-14)7-12(11)16-17(2,3)4/h7-8H,5-6,14H2,1-4H3. The lowest BCUT2D eigenvalue weighted by molar-refractivity contribution is 0.391. The van der Waals surface area contributed by atoms with Gasteiger partial charge in [0, 0.05) is 4.47 Å². The van der Waals surface area contributed by atoms with Gasteiger partial charge in [-0.3, -0.25) is 0 Å². The molecular weight excluding hydrogens is 298 g/mol. The van der Waals surface area contributed by atoms with E-state index in [1.807, 2.05) is 12.1 Å². The zero-order valence-electron chi connectivity index (χ0n) is 10.8. The molecule has 0 aliphatic heterocycles. The Labute approximate surface area is 113 Å². The Morgan fingerprint density at radius 2 is 1.88 bits per heavy atom. The third-order valence-electron chi connectivity index (χ3n) is 2.16. The van der Waals surface area contributed by atoms with Crippen molar-refractivity contribution < 1.29 is 9.16 Å². The topological polar surface area (TPSA) is 44.5 Å². The smallest absolute Gasteiger partial charge is 0.242 e. The van der Waals surface area contributed by atoms with Crippen LogP contribution in [0.2, 0.25) is 19.6 Å². The van der Waals surface area contributed by atoms with Crippen LogP contribution >= 0.6 is 15.9 Å². The number of hydrogen-bond acceptors (Lipinski definition) is 3. The molecule has 0 heterocycles. The van der Waals surface area contributed by atoms with Crippen molar-refractivity contribution in [1.29, 1.82) is 0 Å². The lowest BCUT2D eigenvalue weighted by atomic mass is 10.1. The fraction of sp³-hybridized carbons (Fsp3) is 0.500. The summed E-state index contributed by atoms with van der Waals surface area (Å²) in [6.45, 7) is 7.07. The third-order valence-corrected chi connectivity index (χ3v) is 3.73. The number of benzene rings is 1. The lowest BCUT2D eigenvalue weighted by Crippen LogP contribution is -2.29. The Balaban J connectivity index is 3.12. The van der Waals surface area contributed by atoms with E-state index in [-0.39, 0.29) is 0 Å². The number of halogens is 1. The van der Waals surface area contributed by atoms with Gasteiger partial charge in [-0.25, -0.2) is 0 Å². The lowest BCUT2D eigenvalue weighted by Gasteiger charge is -2.22. The molecule has 3 nitrogen and oxygen atoms in total. The predicted octanol–water partition coefficient (Wildman–Crippen LogP) is 3.17. The van der Waals surface area contributed by atoms with E-state index in [9.17, 15) is 0 Å². The Morgan fingerprint density at radius 3 is 2.35 bits per heavy atom. The van der Waals surface area contributed by atoms with Crippen molar-refractivity contribution in [1.82, 2.24) is 0 Å². The molecule has 0 spiro atoms. The van der Waals surface area contributed by atoms with Crippen LogP contribution in [-0.4, -0.2) is 22.0 Å². The van der Waals surface area contributed by atoms with Crippen LogP contribution in [0.1, 0.15) is 5.56 Å². The van der Waals surface area contributed by atoms with Crippen LogP contribution in [0.5, 0.6) is 11.5 Å². The van der Waals surface area contributed by atoms with Gasteiger partial charge in [-0.15, -0.1) is 0 Å². The monoisotopic (exact) mass is 317 g/mol. The molecule has 0 amide bonds. The highest BCUT2D eigenvalue weighted by Crippen LogP contribution is 2.35. The largest absolute Gasteiger partial charge is 0.542 e. The summed E-state index contributed by atoms with van der Waals surface area (Å²) in [5, 5.41) is 0. The number of ether oxygens (including phenoxy) is 1. The minimum absolute atomic E-state index is 0.622. The summed E-state index contributed by atoms with van der Waals surface area (Å²) in [5.74, 6) is 1.58. The van der Waals surface area contributed by atoms with Crippen molar-refractivity contribution in [2.45, 2.75) is 26.1 Å². The Bertz CT molecular complexity index is 391. The first kappa shape index (κ1) is 14.5. The van der Waals surface area contributed by atoms with E-state index >= 15 is 0 Å². The zero-order chi connectivity index (χ0) is 13.1. The molecule has 0 aliphatic carbocycles. The Morgan fingerprint density at radius 1 is 1.24 bits per heavy atom. The molecular formula is C12H20BrNO2Si. The zero-order valence-corrected chi connectivity index (χ0v) is 13.4. The maximum absolute atomic E-state index is 6.02. The van der Waals surface area contributed by atoms with E-state index in [0.29, 0.717) is 6.54 Å². The van der Waals surface area contributed by atoms with E-state index < -0.39 is 8.32 Å². The van der Waals surface area contributed by atoms with Crippen molar-refractivity contribution in [3.8, 4) is 11.5 Å². The molecule has 5 heteroatoms. The molecule has 2 N–H and O–H groups in total. The number of nitrogens with two attached hydrogens (primary N) is 1. The predicted molar refractivity (Wildman–Crippen MR) is 77.4 cm³/mol. The molecule has 0 unspecified atom stereocenters. The van der Waals surface area contributed by atoms with Crippen molar-refractivity contribution in [3.05, 3.63) is 22.2 Å². The van der Waals surface area contributed by atoms with E-state index in [1.54, 1.807) is 7.11 Å². The van der Waals surface area contributed by atoms with Crippen LogP contribution in [0.4, 0.5) is 0 Å². The van der Waals surface area contributed by atoms with Crippen LogP contribution < -0.4 is 14.9 Å². The van der Waals surface area contributed by atoms with Gasteiger partial charge in [-0.2, -0.15) is 0 Å². The van der Waals surface area contributed by atoms with Crippen molar-refractivity contribution in [2.24, 2.45) is 5.73 Å². The van der Waals surface area contributed by atoms with Gasteiger partial charge < -0.3 is 14.9 Å². The number of methoxy groups -OCH3 is 1. The Kier molecular flexibility index (Phi) is 5.03. The normalized spacial score (nSPS) is 11.4. The van der Waals surface area contributed by atoms with Crippen molar-refractivity contribution >= 4 is 24.2 Å². The van der Waals surface area contributed by atoms with Crippen LogP contribution in [0.15, 0.2) is 16.6 Å². The van der Waals surface area contributed by atoms with E-state index in [0.717, 1.165) is 28.0 Å². The SMILES string of the molecule is COc1cc(Br)c(CCN)cc1O[Si](C)(C)C. The molecule has 0 saturated carbocycles. The van der Waals surface area contributed by atoms with E-state index in [2.05, 4.69) is 35.6 Å². The quantitative estimate of drug-likeness (QED) is 0.848. The van der Waals surface area contributed by atoms with Crippen LogP contribution in [-0.2, 0) is 6.42 Å². The fourth-order valence-electron chi connectivity index (χ4n) is 1.49. The summed E-state index contributed by atoms with van der Waals surface area (Å²) in [6, 6.07) is 3.97. The molecule has 0 atom stereocenters. The molecule has 17 heavy (non-hydrogen) atoms. The second kappa shape index (κ2) is 5.89. The van der Waals surface area contributed by atoms with Gasteiger partial charge in [-0.05, 0) is 50.3 Å². The van der Waals surface area contributed by atoms with Gasteiger partial charge in [0.1, 0.15) is 5.75 Å². The highest BCUT2D eigenvalue weighted by molar-refractivity contribution is 9.10. The molecule has 96 valence electrons. The van der Waals surface area contributed by atoms with E-state index in [4.69, 9.17) is 14.9 Å². The minimum Gasteiger partial charge on any atom is -0.542 e. The summed E-state index contributed by atoms with van der Waals surface area (Å²) in [7, 11) is 0.0187. The summed E-state index contributed by atoms with van der Waals surface area (Å²) < 4.78 is 12.4. The molecule has 1 rings (SSSR count). The first-order chi connectivity index (χ1) is 7.87. The summed E-state index contributed by atoms with van der Waals surface area (Å²) in [4.78, 5) is 0. The average Bonchev–Trinajstić information content (AvgIpc) is 2.20. The number of hydrogen-bond donors (Lipinski definition) is 1.